The van der Waals surface area contributed by atoms with Crippen LogP contribution in [0, 0.1) is 5.92 Å². The summed E-state index contributed by atoms with van der Waals surface area (Å²) in [7, 11) is 0. The van der Waals surface area contributed by atoms with Crippen LogP contribution in [-0.4, -0.2) is 62.9 Å². The van der Waals surface area contributed by atoms with Gasteiger partial charge < -0.3 is 19.7 Å². The summed E-state index contributed by atoms with van der Waals surface area (Å²) in [6.07, 6.45) is 1.78. The number of piperidine rings is 1. The highest BCUT2D eigenvalue weighted by molar-refractivity contribution is 6.42. The summed E-state index contributed by atoms with van der Waals surface area (Å²) in [4.78, 5) is 14.3. The lowest BCUT2D eigenvalue weighted by molar-refractivity contribution is -0.149. The number of likely N-dealkylation sites (tertiary alicyclic amines) is 1. The van der Waals surface area contributed by atoms with Crippen molar-refractivity contribution in [2.45, 2.75) is 31.8 Å². The second kappa shape index (κ2) is 13.2. The zero-order valence-corrected chi connectivity index (χ0v) is 19.7. The van der Waals surface area contributed by atoms with Gasteiger partial charge >= 0.3 is 5.97 Å². The lowest BCUT2D eigenvalue weighted by Gasteiger charge is -2.35. The van der Waals surface area contributed by atoms with Crippen LogP contribution < -0.4 is 5.32 Å². The van der Waals surface area contributed by atoms with Gasteiger partial charge in [0.1, 0.15) is 0 Å². The van der Waals surface area contributed by atoms with Crippen LogP contribution in [0.25, 0.3) is 0 Å². The van der Waals surface area contributed by atoms with Crippen molar-refractivity contribution in [2.75, 3.05) is 45.9 Å². The van der Waals surface area contributed by atoms with Crippen molar-refractivity contribution in [3.05, 3.63) is 33.8 Å². The molecule has 1 aromatic carbocycles. The number of rotatable bonds is 5. The Morgan fingerprint density at radius 3 is 2.62 bits per heavy atom. The van der Waals surface area contributed by atoms with Gasteiger partial charge in [0.25, 0.3) is 0 Å². The Morgan fingerprint density at radius 1 is 1.24 bits per heavy atom. The Hall–Kier alpha value is -0.270. The summed E-state index contributed by atoms with van der Waals surface area (Å²) in [6.45, 7) is 7.34. The van der Waals surface area contributed by atoms with Crippen molar-refractivity contribution >= 4 is 54.0 Å². The standard InChI is InChI=1S/C20H28Cl2N2O3.2ClH/c1-2-26-20(25)14-5-8-24(9-6-14)13-19-16(12-23-7-10-27-19)15-3-4-17(21)18(22)11-15;;/h3-4,11,14,16,19,23H,2,5-10,12-13H2,1H3;2*1H/t16-,19+;;/m0../s1. The number of carbonyl (C=O) groups is 1. The molecular weight excluding hydrogens is 458 g/mol. The number of benzene rings is 1. The summed E-state index contributed by atoms with van der Waals surface area (Å²) in [5.74, 6) is 0.189. The molecule has 0 amide bonds. The fourth-order valence-electron chi connectivity index (χ4n) is 3.91. The van der Waals surface area contributed by atoms with Crippen LogP contribution in [0.3, 0.4) is 0 Å². The van der Waals surface area contributed by atoms with Gasteiger partial charge in [-0.2, -0.15) is 0 Å². The number of halogens is 4. The van der Waals surface area contributed by atoms with E-state index in [0.717, 1.165) is 51.1 Å². The van der Waals surface area contributed by atoms with E-state index in [-0.39, 0.29) is 48.7 Å². The summed E-state index contributed by atoms with van der Waals surface area (Å²) >= 11 is 12.3. The van der Waals surface area contributed by atoms with Crippen molar-refractivity contribution in [3.8, 4) is 0 Å². The Morgan fingerprint density at radius 2 is 1.97 bits per heavy atom. The normalized spacial score (nSPS) is 23.4. The highest BCUT2D eigenvalue weighted by Crippen LogP contribution is 2.30. The fourth-order valence-corrected chi connectivity index (χ4v) is 4.22. The molecule has 2 heterocycles. The van der Waals surface area contributed by atoms with Crippen molar-refractivity contribution < 1.29 is 14.3 Å². The van der Waals surface area contributed by atoms with Gasteiger partial charge in [0, 0.05) is 25.6 Å². The zero-order valence-electron chi connectivity index (χ0n) is 16.6. The third kappa shape index (κ3) is 7.42. The maximum Gasteiger partial charge on any atom is 0.309 e. The minimum atomic E-state index is -0.0549. The van der Waals surface area contributed by atoms with E-state index in [2.05, 4.69) is 10.2 Å². The van der Waals surface area contributed by atoms with Gasteiger partial charge in [0.05, 0.1) is 35.3 Å². The maximum atomic E-state index is 11.9. The van der Waals surface area contributed by atoms with Gasteiger partial charge in [0.15, 0.2) is 0 Å². The fraction of sp³-hybridized carbons (Fsp3) is 0.650. The highest BCUT2D eigenvalue weighted by Gasteiger charge is 2.31. The summed E-state index contributed by atoms with van der Waals surface area (Å²) < 4.78 is 11.3. The summed E-state index contributed by atoms with van der Waals surface area (Å²) in [5.41, 5.74) is 1.14. The Balaban J connectivity index is 0.00000210. The summed E-state index contributed by atoms with van der Waals surface area (Å²) in [5, 5.41) is 4.60. The second-order valence-corrected chi connectivity index (χ2v) is 8.03. The van der Waals surface area contributed by atoms with E-state index in [4.69, 9.17) is 32.7 Å². The van der Waals surface area contributed by atoms with Crippen LogP contribution in [0.2, 0.25) is 10.0 Å². The lowest BCUT2D eigenvalue weighted by Crippen LogP contribution is -2.43. The first-order chi connectivity index (χ1) is 13.1. The van der Waals surface area contributed by atoms with Crippen LogP contribution in [0.1, 0.15) is 31.2 Å². The molecule has 3 rings (SSSR count). The maximum absolute atomic E-state index is 11.9. The SMILES string of the molecule is CCOC(=O)C1CCN(C[C@H]2OCCNC[C@H]2c2ccc(Cl)c(Cl)c2)CC1.Cl.Cl. The van der Waals surface area contributed by atoms with Gasteiger partial charge in [-0.05, 0) is 50.6 Å². The van der Waals surface area contributed by atoms with Crippen LogP contribution in [-0.2, 0) is 14.3 Å². The van der Waals surface area contributed by atoms with Crippen molar-refractivity contribution in [1.82, 2.24) is 10.2 Å². The minimum Gasteiger partial charge on any atom is -0.466 e. The molecule has 2 atom stereocenters. The molecule has 0 aromatic heterocycles. The second-order valence-electron chi connectivity index (χ2n) is 7.22. The molecule has 0 spiro atoms. The monoisotopic (exact) mass is 486 g/mol. The van der Waals surface area contributed by atoms with E-state index in [9.17, 15) is 4.79 Å². The summed E-state index contributed by atoms with van der Waals surface area (Å²) in [6, 6.07) is 5.84. The minimum absolute atomic E-state index is 0. The molecular formula is C20H30Cl4N2O3. The topological polar surface area (TPSA) is 50.8 Å². The van der Waals surface area contributed by atoms with E-state index in [0.29, 0.717) is 23.3 Å². The number of nitrogens with one attached hydrogen (secondary N) is 1. The van der Waals surface area contributed by atoms with Crippen molar-refractivity contribution in [3.63, 3.8) is 0 Å². The van der Waals surface area contributed by atoms with Gasteiger partial charge in [-0.3, -0.25) is 4.79 Å². The first kappa shape index (κ1) is 26.8. The molecule has 29 heavy (non-hydrogen) atoms. The number of nitrogens with zero attached hydrogens (tertiary/aromatic N) is 1. The highest BCUT2D eigenvalue weighted by atomic mass is 35.5. The number of carbonyl (C=O) groups excluding carboxylic acids is 1. The van der Waals surface area contributed by atoms with Gasteiger partial charge in [-0.1, -0.05) is 29.3 Å². The van der Waals surface area contributed by atoms with Gasteiger partial charge in [-0.15, -0.1) is 24.8 Å². The largest absolute Gasteiger partial charge is 0.466 e. The smallest absolute Gasteiger partial charge is 0.309 e. The molecule has 2 aliphatic rings. The molecule has 9 heteroatoms. The number of esters is 1. The molecule has 0 bridgehead atoms. The molecule has 5 nitrogen and oxygen atoms in total. The Bertz CT molecular complexity index is 642. The average Bonchev–Trinajstić information content (AvgIpc) is 2.90. The zero-order chi connectivity index (χ0) is 19.2. The Kier molecular flexibility index (Phi) is 12.2. The Labute approximate surface area is 195 Å². The molecule has 1 aromatic rings. The van der Waals surface area contributed by atoms with Crippen LogP contribution in [0.4, 0.5) is 0 Å². The lowest BCUT2D eigenvalue weighted by atomic mass is 9.91. The molecule has 0 aliphatic carbocycles. The molecule has 2 fully saturated rings. The molecule has 166 valence electrons. The van der Waals surface area contributed by atoms with Crippen LogP contribution in [0.15, 0.2) is 18.2 Å². The molecule has 2 aliphatic heterocycles. The number of ether oxygens (including phenoxy) is 2. The van der Waals surface area contributed by atoms with Gasteiger partial charge in [-0.25, -0.2) is 0 Å². The van der Waals surface area contributed by atoms with Gasteiger partial charge in [0.2, 0.25) is 0 Å². The average molecular weight is 488 g/mol. The quantitative estimate of drug-likeness (QED) is 0.631. The van der Waals surface area contributed by atoms with E-state index in [1.165, 1.54) is 0 Å². The third-order valence-corrected chi connectivity index (χ3v) is 6.18. The van der Waals surface area contributed by atoms with Crippen molar-refractivity contribution in [2.24, 2.45) is 5.92 Å². The molecule has 0 radical (unpaired) electrons. The van der Waals surface area contributed by atoms with E-state index >= 15 is 0 Å². The van der Waals surface area contributed by atoms with Crippen LogP contribution >= 0.6 is 48.0 Å². The molecule has 0 unspecified atom stereocenters. The molecule has 1 N–H and O–H groups in total. The number of hydrogen-bond acceptors (Lipinski definition) is 5. The predicted octanol–water partition coefficient (Wildman–Crippen LogP) is 4.18. The van der Waals surface area contributed by atoms with Crippen LogP contribution in [0.5, 0.6) is 0 Å². The van der Waals surface area contributed by atoms with E-state index in [1.807, 2.05) is 25.1 Å². The third-order valence-electron chi connectivity index (χ3n) is 5.44. The predicted molar refractivity (Wildman–Crippen MR) is 122 cm³/mol. The molecule has 2 saturated heterocycles. The van der Waals surface area contributed by atoms with Crippen molar-refractivity contribution in [1.29, 1.82) is 0 Å². The van der Waals surface area contributed by atoms with E-state index in [1.54, 1.807) is 0 Å². The first-order valence-corrected chi connectivity index (χ1v) is 10.5. The van der Waals surface area contributed by atoms with E-state index < -0.39 is 0 Å². The molecule has 0 saturated carbocycles. The first-order valence-electron chi connectivity index (χ1n) is 9.74. The number of hydrogen-bond donors (Lipinski definition) is 1.